The van der Waals surface area contributed by atoms with E-state index in [2.05, 4.69) is 0 Å². The maximum Gasteiger partial charge on any atom is 0.416 e. The Morgan fingerprint density at radius 1 is 1.20 bits per heavy atom. The van der Waals surface area contributed by atoms with Crippen LogP contribution in [0.4, 0.5) is 13.2 Å². The van der Waals surface area contributed by atoms with Crippen molar-refractivity contribution in [2.24, 2.45) is 11.7 Å². The van der Waals surface area contributed by atoms with Crippen molar-refractivity contribution >= 4 is 0 Å². The lowest BCUT2D eigenvalue weighted by Crippen LogP contribution is -2.06. The molecule has 4 heteroatoms. The second kappa shape index (κ2) is 3.52. The molecule has 0 aliphatic heterocycles. The van der Waals surface area contributed by atoms with E-state index in [1.807, 2.05) is 0 Å². The minimum absolute atomic E-state index is 0.243. The third-order valence-electron chi connectivity index (χ3n) is 2.76. The summed E-state index contributed by atoms with van der Waals surface area (Å²) in [5, 5.41) is 0. The van der Waals surface area contributed by atoms with E-state index in [1.165, 1.54) is 12.1 Å². The molecule has 0 radical (unpaired) electrons. The molecular formula is C11H12F3N. The monoisotopic (exact) mass is 215 g/mol. The highest BCUT2D eigenvalue weighted by Gasteiger charge is 2.33. The molecule has 0 saturated heterocycles. The molecule has 1 aromatic rings. The van der Waals surface area contributed by atoms with Gasteiger partial charge in [-0.3, -0.25) is 0 Å². The summed E-state index contributed by atoms with van der Waals surface area (Å²) in [6, 6.07) is 5.57. The first kappa shape index (κ1) is 10.5. The number of nitrogens with two attached hydrogens (primary N) is 1. The Balaban J connectivity index is 2.04. The minimum atomic E-state index is -4.24. The molecule has 1 aromatic carbocycles. The van der Waals surface area contributed by atoms with Crippen LogP contribution in [0.3, 0.4) is 0 Å². The summed E-state index contributed by atoms with van der Waals surface area (Å²) in [5.74, 6) is 0.460. The van der Waals surface area contributed by atoms with E-state index in [0.717, 1.165) is 30.5 Å². The van der Waals surface area contributed by atoms with Crippen LogP contribution in [0.15, 0.2) is 24.3 Å². The average molecular weight is 215 g/mol. The molecule has 1 fully saturated rings. The van der Waals surface area contributed by atoms with Gasteiger partial charge < -0.3 is 5.73 Å². The smallest absolute Gasteiger partial charge is 0.327 e. The molecule has 0 heterocycles. The molecule has 2 atom stereocenters. The molecule has 1 aliphatic rings. The second-order valence-electron chi connectivity index (χ2n) is 4.06. The lowest BCUT2D eigenvalue weighted by atomic mass is 10.1. The van der Waals surface area contributed by atoms with Crippen LogP contribution in [0.1, 0.15) is 17.5 Å². The zero-order valence-corrected chi connectivity index (χ0v) is 8.09. The molecule has 1 aliphatic carbocycles. The molecule has 2 rings (SSSR count). The van der Waals surface area contributed by atoms with Crippen molar-refractivity contribution in [2.75, 3.05) is 0 Å². The fourth-order valence-corrected chi connectivity index (χ4v) is 1.64. The predicted molar refractivity (Wildman–Crippen MR) is 51.2 cm³/mol. The van der Waals surface area contributed by atoms with E-state index in [9.17, 15) is 13.2 Å². The topological polar surface area (TPSA) is 26.0 Å². The highest BCUT2D eigenvalue weighted by Crippen LogP contribution is 2.33. The van der Waals surface area contributed by atoms with Gasteiger partial charge in [-0.05, 0) is 36.5 Å². The van der Waals surface area contributed by atoms with Crippen LogP contribution in [0.5, 0.6) is 0 Å². The summed E-state index contributed by atoms with van der Waals surface area (Å²) in [6.07, 6.45) is -2.46. The Morgan fingerprint density at radius 3 is 2.13 bits per heavy atom. The lowest BCUT2D eigenvalue weighted by Gasteiger charge is -2.07. The third kappa shape index (κ3) is 2.50. The number of hydrogen-bond acceptors (Lipinski definition) is 1. The maximum absolute atomic E-state index is 12.2. The quantitative estimate of drug-likeness (QED) is 0.806. The zero-order valence-electron chi connectivity index (χ0n) is 8.09. The molecule has 0 aromatic heterocycles. The van der Waals surface area contributed by atoms with Gasteiger partial charge in [0.1, 0.15) is 0 Å². The zero-order chi connectivity index (χ0) is 11.1. The van der Waals surface area contributed by atoms with Gasteiger partial charge in [0.15, 0.2) is 0 Å². The second-order valence-corrected chi connectivity index (χ2v) is 4.06. The summed E-state index contributed by atoms with van der Waals surface area (Å²) in [7, 11) is 0. The molecular weight excluding hydrogens is 203 g/mol. The molecule has 1 saturated carbocycles. The Kier molecular flexibility index (Phi) is 2.46. The SMILES string of the molecule is N[C@H]1C[C@H]1Cc1ccc(C(F)(F)F)cc1. The van der Waals surface area contributed by atoms with Crippen LogP contribution in [0.2, 0.25) is 0 Å². The van der Waals surface area contributed by atoms with Crippen molar-refractivity contribution in [3.8, 4) is 0 Å². The Bertz CT molecular complexity index is 342. The first-order valence-electron chi connectivity index (χ1n) is 4.88. The molecule has 0 bridgehead atoms. The Hall–Kier alpha value is -1.03. The molecule has 2 N–H and O–H groups in total. The third-order valence-corrected chi connectivity index (χ3v) is 2.76. The van der Waals surface area contributed by atoms with Gasteiger partial charge in [0, 0.05) is 6.04 Å². The van der Waals surface area contributed by atoms with Crippen LogP contribution >= 0.6 is 0 Å². The van der Waals surface area contributed by atoms with E-state index < -0.39 is 11.7 Å². The van der Waals surface area contributed by atoms with Gasteiger partial charge >= 0.3 is 6.18 Å². The van der Waals surface area contributed by atoms with Crippen molar-refractivity contribution in [1.82, 2.24) is 0 Å². The standard InChI is InChI=1S/C11H12F3N/c12-11(13,14)9-3-1-7(2-4-9)5-8-6-10(8)15/h1-4,8,10H,5-6,15H2/t8-,10+/m1/s1. The summed E-state index contributed by atoms with van der Waals surface area (Å²) < 4.78 is 36.7. The van der Waals surface area contributed by atoms with Crippen molar-refractivity contribution in [3.05, 3.63) is 35.4 Å². The Morgan fingerprint density at radius 2 is 1.73 bits per heavy atom. The summed E-state index contributed by atoms with van der Waals surface area (Å²) in [6.45, 7) is 0. The van der Waals surface area contributed by atoms with Gasteiger partial charge in [-0.2, -0.15) is 13.2 Å². The molecule has 82 valence electrons. The van der Waals surface area contributed by atoms with Gasteiger partial charge in [-0.25, -0.2) is 0 Å². The fraction of sp³-hybridized carbons (Fsp3) is 0.455. The Labute approximate surface area is 86.1 Å². The van der Waals surface area contributed by atoms with Crippen molar-refractivity contribution in [1.29, 1.82) is 0 Å². The molecule has 0 unspecified atom stereocenters. The van der Waals surface area contributed by atoms with E-state index in [0.29, 0.717) is 5.92 Å². The summed E-state index contributed by atoms with van der Waals surface area (Å²) in [4.78, 5) is 0. The fourth-order valence-electron chi connectivity index (χ4n) is 1.64. The first-order valence-corrected chi connectivity index (χ1v) is 4.88. The van der Waals surface area contributed by atoms with Crippen molar-refractivity contribution in [2.45, 2.75) is 25.1 Å². The van der Waals surface area contributed by atoms with Crippen LogP contribution in [0.25, 0.3) is 0 Å². The van der Waals surface area contributed by atoms with Gasteiger partial charge in [-0.15, -0.1) is 0 Å². The maximum atomic E-state index is 12.2. The summed E-state index contributed by atoms with van der Waals surface area (Å²) >= 11 is 0. The molecule has 15 heavy (non-hydrogen) atoms. The first-order chi connectivity index (χ1) is 6.97. The number of halogens is 3. The van der Waals surface area contributed by atoms with Gasteiger partial charge in [0.2, 0.25) is 0 Å². The molecule has 0 amide bonds. The van der Waals surface area contributed by atoms with E-state index in [4.69, 9.17) is 5.73 Å². The normalized spacial score (nSPS) is 25.3. The predicted octanol–water partition coefficient (Wildman–Crippen LogP) is 2.60. The van der Waals surface area contributed by atoms with Crippen LogP contribution in [0, 0.1) is 5.92 Å². The number of rotatable bonds is 2. The number of benzene rings is 1. The van der Waals surface area contributed by atoms with Gasteiger partial charge in [-0.1, -0.05) is 12.1 Å². The van der Waals surface area contributed by atoms with Crippen molar-refractivity contribution in [3.63, 3.8) is 0 Å². The largest absolute Gasteiger partial charge is 0.416 e. The molecule has 1 nitrogen and oxygen atoms in total. The van der Waals surface area contributed by atoms with Crippen LogP contribution in [-0.2, 0) is 12.6 Å². The van der Waals surface area contributed by atoms with E-state index in [1.54, 1.807) is 0 Å². The van der Waals surface area contributed by atoms with E-state index in [-0.39, 0.29) is 6.04 Å². The van der Waals surface area contributed by atoms with Crippen LogP contribution < -0.4 is 5.73 Å². The van der Waals surface area contributed by atoms with Gasteiger partial charge in [0.05, 0.1) is 5.56 Å². The number of hydrogen-bond donors (Lipinski definition) is 1. The van der Waals surface area contributed by atoms with Gasteiger partial charge in [0.25, 0.3) is 0 Å². The van der Waals surface area contributed by atoms with Crippen molar-refractivity contribution < 1.29 is 13.2 Å². The number of alkyl halides is 3. The highest BCUT2D eigenvalue weighted by molar-refractivity contribution is 5.25. The highest BCUT2D eigenvalue weighted by atomic mass is 19.4. The minimum Gasteiger partial charge on any atom is -0.327 e. The lowest BCUT2D eigenvalue weighted by molar-refractivity contribution is -0.137. The van der Waals surface area contributed by atoms with Crippen LogP contribution in [-0.4, -0.2) is 6.04 Å². The summed E-state index contributed by atoms with van der Waals surface area (Å²) in [5.41, 5.74) is 5.97. The molecule has 0 spiro atoms. The average Bonchev–Trinajstić information content (AvgIpc) is 2.81. The van der Waals surface area contributed by atoms with E-state index >= 15 is 0 Å².